The summed E-state index contributed by atoms with van der Waals surface area (Å²) in [5, 5.41) is 10.8. The maximum atomic E-state index is 10.4. The molecule has 46 valence electrons. The van der Waals surface area contributed by atoms with Crippen LogP contribution in [0.25, 0.3) is 0 Å². The molecule has 0 atom stereocenters. The van der Waals surface area contributed by atoms with Crippen LogP contribution in [-0.4, -0.2) is 36.1 Å². The van der Waals surface area contributed by atoms with Gasteiger partial charge in [-0.3, -0.25) is 0 Å². The van der Waals surface area contributed by atoms with Gasteiger partial charge in [-0.25, -0.2) is 4.79 Å². The van der Waals surface area contributed by atoms with Crippen molar-refractivity contribution in [3.8, 4) is 0 Å². The van der Waals surface area contributed by atoms with E-state index >= 15 is 0 Å². The van der Waals surface area contributed by atoms with E-state index in [0.29, 0.717) is 18.2 Å². The molecule has 1 aliphatic heterocycles. The predicted molar refractivity (Wildman–Crippen MR) is 28.1 cm³/mol. The number of rotatable bonds is 0. The molecule has 0 unspecified atom stereocenters. The molecule has 0 saturated carbocycles. The quantitative estimate of drug-likeness (QED) is 0.415. The summed E-state index contributed by atoms with van der Waals surface area (Å²) in [6.07, 6.45) is 0. The van der Waals surface area contributed by atoms with Crippen molar-refractivity contribution in [1.82, 2.24) is 9.96 Å². The minimum atomic E-state index is -0.426. The number of hydrogen-bond donors (Lipinski definition) is 0. The molecule has 0 N–H and O–H groups in total. The summed E-state index contributed by atoms with van der Waals surface area (Å²) in [5.41, 5.74) is 0. The zero-order chi connectivity index (χ0) is 6.15. The Morgan fingerprint density at radius 2 is 2.11 bits per heavy atom. The summed E-state index contributed by atoms with van der Waals surface area (Å²) in [6, 6.07) is -0.426. The largest absolute Gasteiger partial charge is 1.00 e. The summed E-state index contributed by atoms with van der Waals surface area (Å²) in [5.74, 6) is 0. The fourth-order valence-electron chi connectivity index (χ4n) is 0.623. The van der Waals surface area contributed by atoms with Crippen LogP contribution in [0.15, 0.2) is 0 Å². The minimum Gasteiger partial charge on any atom is -0.755 e. The van der Waals surface area contributed by atoms with E-state index in [0.717, 1.165) is 0 Å². The standard InChI is InChI=1S/C4H7N2O2.Rb/c1-5-2-3-6(8)4(5)7;/h2-3H2,1H3;/q-1;+1. The van der Waals surface area contributed by atoms with Crippen molar-refractivity contribution in [3.63, 3.8) is 0 Å². The third-order valence-electron chi connectivity index (χ3n) is 1.18. The Hall–Kier alpha value is 1.04. The molecule has 0 aliphatic carbocycles. The molecule has 2 amide bonds. The molecule has 0 spiro atoms. The Labute approximate surface area is 103 Å². The van der Waals surface area contributed by atoms with Crippen LogP contribution in [-0.2, 0) is 0 Å². The van der Waals surface area contributed by atoms with Crippen LogP contribution in [0.4, 0.5) is 4.79 Å². The Morgan fingerprint density at radius 1 is 1.56 bits per heavy atom. The average molecular weight is 201 g/mol. The fourth-order valence-corrected chi connectivity index (χ4v) is 0.623. The van der Waals surface area contributed by atoms with Crippen molar-refractivity contribution in [3.05, 3.63) is 5.21 Å². The zero-order valence-electron chi connectivity index (χ0n) is 5.63. The van der Waals surface area contributed by atoms with Crippen LogP contribution in [0.5, 0.6) is 0 Å². The van der Waals surface area contributed by atoms with Crippen molar-refractivity contribution >= 4 is 6.03 Å². The van der Waals surface area contributed by atoms with E-state index in [1.165, 1.54) is 4.90 Å². The van der Waals surface area contributed by atoms with Gasteiger partial charge in [0.15, 0.2) is 0 Å². The van der Waals surface area contributed by atoms with Gasteiger partial charge < -0.3 is 15.2 Å². The van der Waals surface area contributed by atoms with Crippen LogP contribution >= 0.6 is 0 Å². The molecule has 0 radical (unpaired) electrons. The fraction of sp³-hybridized carbons (Fsp3) is 0.750. The van der Waals surface area contributed by atoms with E-state index in [1.807, 2.05) is 0 Å². The molecule has 1 heterocycles. The summed E-state index contributed by atoms with van der Waals surface area (Å²) >= 11 is 0. The molecule has 5 heteroatoms. The smallest absolute Gasteiger partial charge is 0.755 e. The summed E-state index contributed by atoms with van der Waals surface area (Å²) < 4.78 is 0. The first kappa shape index (κ1) is 10.0. The third kappa shape index (κ3) is 2.27. The number of hydrogen-bond acceptors (Lipinski definition) is 2. The van der Waals surface area contributed by atoms with Gasteiger partial charge in [-0.1, -0.05) is 0 Å². The Kier molecular flexibility index (Phi) is 4.49. The first-order valence-corrected chi connectivity index (χ1v) is 2.41. The molecule has 1 aliphatic rings. The predicted octanol–water partition coefficient (Wildman–Crippen LogP) is -3.14. The molecule has 0 aromatic rings. The Bertz CT molecular complexity index is 107. The van der Waals surface area contributed by atoms with Crippen LogP contribution in [0, 0.1) is 5.21 Å². The molecule has 1 rings (SSSR count). The van der Waals surface area contributed by atoms with Gasteiger partial charge in [0.2, 0.25) is 0 Å². The summed E-state index contributed by atoms with van der Waals surface area (Å²) in [6.45, 7) is 0.873. The van der Waals surface area contributed by atoms with Gasteiger partial charge >= 0.3 is 64.2 Å². The summed E-state index contributed by atoms with van der Waals surface area (Å²) in [4.78, 5) is 11.8. The van der Waals surface area contributed by atoms with Gasteiger partial charge in [-0.05, 0) is 0 Å². The minimum absolute atomic E-state index is 0. The molecule has 0 aromatic heterocycles. The molecule has 1 fully saturated rings. The van der Waals surface area contributed by atoms with E-state index < -0.39 is 6.03 Å². The van der Waals surface area contributed by atoms with Crippen molar-refractivity contribution < 1.29 is 63.0 Å². The Morgan fingerprint density at radius 3 is 2.22 bits per heavy atom. The number of nitrogens with zero attached hydrogens (tertiary/aromatic N) is 2. The molecular formula is C4H7N2O2Rb. The number of carbonyl (C=O) groups is 1. The van der Waals surface area contributed by atoms with E-state index in [1.54, 1.807) is 7.05 Å². The maximum absolute atomic E-state index is 10.4. The molecule has 9 heavy (non-hydrogen) atoms. The van der Waals surface area contributed by atoms with E-state index in [9.17, 15) is 10.0 Å². The van der Waals surface area contributed by atoms with Crippen molar-refractivity contribution in [2.75, 3.05) is 20.1 Å². The van der Waals surface area contributed by atoms with Gasteiger partial charge in [-0.15, -0.1) is 0 Å². The zero-order valence-corrected chi connectivity index (χ0v) is 10.5. The molecular weight excluding hydrogens is 194 g/mol. The van der Waals surface area contributed by atoms with Crippen LogP contribution in [0.2, 0.25) is 0 Å². The van der Waals surface area contributed by atoms with Gasteiger partial charge in [0.1, 0.15) is 0 Å². The monoisotopic (exact) mass is 200 g/mol. The number of hydroxylamine groups is 2. The van der Waals surface area contributed by atoms with Crippen LogP contribution < -0.4 is 58.2 Å². The van der Waals surface area contributed by atoms with Crippen LogP contribution in [0.1, 0.15) is 0 Å². The topological polar surface area (TPSA) is 46.6 Å². The van der Waals surface area contributed by atoms with Crippen molar-refractivity contribution in [2.24, 2.45) is 0 Å². The molecule has 0 aromatic carbocycles. The van der Waals surface area contributed by atoms with E-state index in [2.05, 4.69) is 0 Å². The summed E-state index contributed by atoms with van der Waals surface area (Å²) in [7, 11) is 1.61. The first-order valence-electron chi connectivity index (χ1n) is 2.41. The molecule has 0 bridgehead atoms. The Balaban J connectivity index is 0.000000640. The molecule has 4 nitrogen and oxygen atoms in total. The second-order valence-electron chi connectivity index (χ2n) is 1.81. The van der Waals surface area contributed by atoms with Crippen LogP contribution in [0.3, 0.4) is 0 Å². The normalized spacial score (nSPS) is 18.2. The maximum Gasteiger partial charge on any atom is 1.00 e. The van der Waals surface area contributed by atoms with E-state index in [-0.39, 0.29) is 58.2 Å². The van der Waals surface area contributed by atoms with Crippen molar-refractivity contribution in [1.29, 1.82) is 0 Å². The van der Waals surface area contributed by atoms with Crippen molar-refractivity contribution in [2.45, 2.75) is 0 Å². The second-order valence-corrected chi connectivity index (χ2v) is 1.81. The van der Waals surface area contributed by atoms with E-state index in [4.69, 9.17) is 0 Å². The first-order chi connectivity index (χ1) is 3.72. The van der Waals surface area contributed by atoms with Gasteiger partial charge in [-0.2, -0.15) is 0 Å². The van der Waals surface area contributed by atoms with Gasteiger partial charge in [0.05, 0.1) is 0 Å². The second kappa shape index (κ2) is 4.03. The SMILES string of the molecule is CN1CCN([O-])C1=O.[Rb+]. The molecule has 1 saturated heterocycles. The van der Waals surface area contributed by atoms with Gasteiger partial charge in [0, 0.05) is 20.1 Å². The number of amides is 2. The van der Waals surface area contributed by atoms with Gasteiger partial charge in [0.25, 0.3) is 0 Å². The number of urea groups is 1. The number of likely N-dealkylation sites (N-methyl/N-ethyl adjacent to an activating group) is 1. The average Bonchev–Trinajstić information content (AvgIpc) is 1.98. The third-order valence-corrected chi connectivity index (χ3v) is 1.18. The number of carbonyl (C=O) groups excluding carboxylic acids is 1.